The summed E-state index contributed by atoms with van der Waals surface area (Å²) in [7, 11) is 3.73. The Morgan fingerprint density at radius 3 is 1.62 bits per heavy atom. The van der Waals surface area contributed by atoms with Crippen molar-refractivity contribution in [1.82, 2.24) is 30.4 Å². The van der Waals surface area contributed by atoms with Crippen molar-refractivity contribution >= 4 is 34.7 Å². The molecule has 1 aromatic rings. The number of nitrogens with zero attached hydrogens (tertiary/aromatic N) is 4. The number of thiocarbonyl (C=S) groups is 2. The van der Waals surface area contributed by atoms with Crippen LogP contribution in [0.4, 0.5) is 0 Å². The van der Waals surface area contributed by atoms with E-state index in [1.807, 2.05) is 23.9 Å². The summed E-state index contributed by atoms with van der Waals surface area (Å²) in [6.45, 7) is 4.29. The molecule has 0 aromatic carbocycles. The van der Waals surface area contributed by atoms with Crippen LogP contribution < -0.4 is 22.1 Å². The van der Waals surface area contributed by atoms with E-state index >= 15 is 0 Å². The molecule has 10 heteroatoms. The Labute approximate surface area is 154 Å². The van der Waals surface area contributed by atoms with Crippen molar-refractivity contribution in [2.24, 2.45) is 11.5 Å². The van der Waals surface area contributed by atoms with E-state index in [2.05, 4.69) is 20.6 Å². The summed E-state index contributed by atoms with van der Waals surface area (Å²) >= 11 is 9.80. The van der Waals surface area contributed by atoms with Crippen molar-refractivity contribution in [3.8, 4) is 0 Å². The van der Waals surface area contributed by atoms with Gasteiger partial charge in [0.25, 0.3) is 0 Å². The predicted octanol–water partition coefficient (Wildman–Crippen LogP) is -0.993. The summed E-state index contributed by atoms with van der Waals surface area (Å²) in [4.78, 5) is 12.4. The standard InChI is InChI=1S/C14H26N8S2/c1-21(13(15)23)7-5-17-9-11-12(20-4-3-19-11)10-18-6-8-22(2)14(16)24/h3-4,17-18H,5-10H2,1-2H3,(H2,15,23)(H2,16,24). The van der Waals surface area contributed by atoms with E-state index < -0.39 is 0 Å². The monoisotopic (exact) mass is 370 g/mol. The van der Waals surface area contributed by atoms with Crippen molar-refractivity contribution in [3.05, 3.63) is 23.8 Å². The van der Waals surface area contributed by atoms with E-state index in [1.54, 1.807) is 12.4 Å². The third-order valence-corrected chi connectivity index (χ3v) is 4.07. The largest absolute Gasteiger partial charge is 0.376 e. The van der Waals surface area contributed by atoms with Gasteiger partial charge in [-0.3, -0.25) is 9.97 Å². The van der Waals surface area contributed by atoms with Gasteiger partial charge in [-0.05, 0) is 24.4 Å². The number of hydrogen-bond donors (Lipinski definition) is 4. The van der Waals surface area contributed by atoms with Crippen LogP contribution in [0.15, 0.2) is 12.4 Å². The first kappa shape index (κ1) is 20.4. The van der Waals surface area contributed by atoms with Crippen molar-refractivity contribution in [2.75, 3.05) is 40.3 Å². The molecular formula is C14H26N8S2. The second-order valence-corrected chi connectivity index (χ2v) is 6.16. The second-order valence-electron chi connectivity index (χ2n) is 5.32. The zero-order valence-corrected chi connectivity index (χ0v) is 15.8. The number of aromatic nitrogens is 2. The van der Waals surface area contributed by atoms with Crippen molar-refractivity contribution in [2.45, 2.75) is 13.1 Å². The Morgan fingerprint density at radius 1 is 0.917 bits per heavy atom. The molecule has 0 saturated carbocycles. The maximum Gasteiger partial charge on any atom is 0.166 e. The Balaban J connectivity index is 2.36. The van der Waals surface area contributed by atoms with E-state index in [1.165, 1.54) is 0 Å². The second kappa shape index (κ2) is 11.0. The maximum atomic E-state index is 5.54. The SMILES string of the molecule is CN(CCNCc1nccnc1CNCCN(C)C(N)=S)C(N)=S. The van der Waals surface area contributed by atoms with Crippen LogP contribution in [-0.2, 0) is 13.1 Å². The lowest BCUT2D eigenvalue weighted by atomic mass is 10.3. The predicted molar refractivity (Wildman–Crippen MR) is 104 cm³/mol. The summed E-state index contributed by atoms with van der Waals surface area (Å²) in [6, 6.07) is 0. The van der Waals surface area contributed by atoms with Crippen LogP contribution in [0.5, 0.6) is 0 Å². The number of rotatable bonds is 10. The smallest absolute Gasteiger partial charge is 0.166 e. The van der Waals surface area contributed by atoms with Crippen LogP contribution in [0.3, 0.4) is 0 Å². The summed E-state index contributed by atoms with van der Waals surface area (Å²) in [5, 5.41) is 7.43. The minimum atomic E-state index is 0.392. The lowest BCUT2D eigenvalue weighted by Gasteiger charge is -2.17. The van der Waals surface area contributed by atoms with E-state index in [9.17, 15) is 0 Å². The molecule has 0 aliphatic rings. The highest BCUT2D eigenvalue weighted by Crippen LogP contribution is 2.01. The van der Waals surface area contributed by atoms with Gasteiger partial charge in [-0.2, -0.15) is 0 Å². The molecule has 134 valence electrons. The fourth-order valence-corrected chi connectivity index (χ4v) is 2.00. The highest BCUT2D eigenvalue weighted by atomic mass is 32.1. The molecule has 0 fully saturated rings. The van der Waals surface area contributed by atoms with Crippen LogP contribution in [0.25, 0.3) is 0 Å². The molecule has 0 unspecified atom stereocenters. The van der Waals surface area contributed by atoms with Gasteiger partial charge in [-0.15, -0.1) is 0 Å². The first-order valence-corrected chi connectivity index (χ1v) is 8.44. The molecule has 0 radical (unpaired) electrons. The zero-order chi connectivity index (χ0) is 17.9. The quantitative estimate of drug-likeness (QED) is 0.303. The van der Waals surface area contributed by atoms with Gasteiger partial charge in [-0.25, -0.2) is 0 Å². The highest BCUT2D eigenvalue weighted by Gasteiger charge is 2.06. The van der Waals surface area contributed by atoms with Crippen LogP contribution in [0, 0.1) is 0 Å². The first-order chi connectivity index (χ1) is 11.4. The van der Waals surface area contributed by atoms with Gasteiger partial charge in [0, 0.05) is 65.8 Å². The van der Waals surface area contributed by atoms with E-state index in [0.29, 0.717) is 23.3 Å². The molecule has 8 nitrogen and oxygen atoms in total. The third kappa shape index (κ3) is 7.77. The van der Waals surface area contributed by atoms with Crippen molar-refractivity contribution in [3.63, 3.8) is 0 Å². The average molecular weight is 371 g/mol. The summed E-state index contributed by atoms with van der Waals surface area (Å²) in [5.41, 5.74) is 12.9. The molecule has 0 spiro atoms. The number of hydrogen-bond acceptors (Lipinski definition) is 6. The molecule has 24 heavy (non-hydrogen) atoms. The Bertz CT molecular complexity index is 492. The molecule has 1 aromatic heterocycles. The molecule has 0 atom stereocenters. The fraction of sp³-hybridized carbons (Fsp3) is 0.571. The van der Waals surface area contributed by atoms with Gasteiger partial charge in [0.15, 0.2) is 10.2 Å². The van der Waals surface area contributed by atoms with Gasteiger partial charge < -0.3 is 31.9 Å². The van der Waals surface area contributed by atoms with Crippen LogP contribution >= 0.6 is 24.4 Å². The number of nitrogens with one attached hydrogen (secondary N) is 2. The van der Waals surface area contributed by atoms with Gasteiger partial charge in [0.05, 0.1) is 11.4 Å². The highest BCUT2D eigenvalue weighted by molar-refractivity contribution is 7.80. The Hall–Kier alpha value is -1.62. The Morgan fingerprint density at radius 2 is 1.29 bits per heavy atom. The van der Waals surface area contributed by atoms with Crippen LogP contribution in [0.2, 0.25) is 0 Å². The lowest BCUT2D eigenvalue weighted by Crippen LogP contribution is -2.37. The normalized spacial score (nSPS) is 10.4. The van der Waals surface area contributed by atoms with Crippen LogP contribution in [-0.4, -0.2) is 70.3 Å². The molecule has 0 aliphatic heterocycles. The zero-order valence-electron chi connectivity index (χ0n) is 14.2. The van der Waals surface area contributed by atoms with E-state index in [0.717, 1.165) is 37.6 Å². The maximum absolute atomic E-state index is 5.54. The number of likely N-dealkylation sites (N-methyl/N-ethyl adjacent to an activating group) is 2. The van der Waals surface area contributed by atoms with Crippen molar-refractivity contribution < 1.29 is 0 Å². The molecule has 0 amide bonds. The van der Waals surface area contributed by atoms with Gasteiger partial charge in [0.1, 0.15) is 0 Å². The molecule has 0 bridgehead atoms. The molecule has 1 heterocycles. The summed E-state index contributed by atoms with van der Waals surface area (Å²) < 4.78 is 0. The fourth-order valence-electron chi connectivity index (χ4n) is 1.82. The summed E-state index contributed by atoms with van der Waals surface area (Å²) in [5.74, 6) is 0. The topological polar surface area (TPSA) is 108 Å². The summed E-state index contributed by atoms with van der Waals surface area (Å²) in [6.07, 6.45) is 3.39. The lowest BCUT2D eigenvalue weighted by molar-refractivity contribution is 0.476. The number of nitrogens with two attached hydrogens (primary N) is 2. The van der Waals surface area contributed by atoms with Gasteiger partial charge >= 0.3 is 0 Å². The van der Waals surface area contributed by atoms with Gasteiger partial charge in [0.2, 0.25) is 0 Å². The first-order valence-electron chi connectivity index (χ1n) is 7.63. The average Bonchev–Trinajstić information content (AvgIpc) is 2.55. The van der Waals surface area contributed by atoms with Crippen molar-refractivity contribution in [1.29, 1.82) is 0 Å². The van der Waals surface area contributed by atoms with Gasteiger partial charge in [-0.1, -0.05) is 0 Å². The molecule has 0 saturated heterocycles. The molecule has 0 aliphatic carbocycles. The Kier molecular flexibility index (Phi) is 9.38. The minimum absolute atomic E-state index is 0.392. The van der Waals surface area contributed by atoms with Crippen LogP contribution in [0.1, 0.15) is 11.4 Å². The van der Waals surface area contributed by atoms with E-state index in [-0.39, 0.29) is 0 Å². The third-order valence-electron chi connectivity index (χ3n) is 3.45. The molecular weight excluding hydrogens is 344 g/mol. The molecule has 6 N–H and O–H groups in total. The molecule has 1 rings (SSSR count). The van der Waals surface area contributed by atoms with E-state index in [4.69, 9.17) is 35.9 Å². The minimum Gasteiger partial charge on any atom is -0.376 e.